The number of nitrogens with one attached hydrogen (secondary N) is 1. The van der Waals surface area contributed by atoms with Crippen LogP contribution in [0.5, 0.6) is 0 Å². The van der Waals surface area contributed by atoms with E-state index in [0.29, 0.717) is 5.82 Å². The first kappa shape index (κ1) is 13.1. The molecule has 1 aromatic heterocycles. The highest BCUT2D eigenvalue weighted by Gasteiger charge is 2.23. The van der Waals surface area contributed by atoms with Crippen molar-refractivity contribution in [3.05, 3.63) is 18.2 Å². The second kappa shape index (κ2) is 4.52. The van der Waals surface area contributed by atoms with Gasteiger partial charge in [-0.3, -0.25) is 0 Å². The minimum atomic E-state index is -3.81. The van der Waals surface area contributed by atoms with Crippen molar-refractivity contribution in [1.82, 2.24) is 14.3 Å². The maximum Gasteiger partial charge on any atom is 0.228 e. The maximum absolute atomic E-state index is 11.6. The Bertz CT molecular complexity index is 532. The van der Waals surface area contributed by atoms with Crippen LogP contribution >= 0.6 is 0 Å². The van der Waals surface area contributed by atoms with Gasteiger partial charge >= 0.3 is 0 Å². The molecule has 0 saturated carbocycles. The molecule has 0 saturated heterocycles. The summed E-state index contributed by atoms with van der Waals surface area (Å²) in [6.45, 7) is 0.0187. The molecule has 7 nitrogen and oxygen atoms in total. The van der Waals surface area contributed by atoms with E-state index >= 15 is 0 Å². The number of rotatable bonds is 5. The van der Waals surface area contributed by atoms with E-state index in [1.54, 1.807) is 6.20 Å². The highest BCUT2D eigenvalue weighted by molar-refractivity contribution is 8.06. The summed E-state index contributed by atoms with van der Waals surface area (Å²) < 4.78 is 46.0. The minimum absolute atomic E-state index is 0.0187. The Kier molecular flexibility index (Phi) is 3.71. The molecule has 0 atom stereocenters. The Hall–Kier alpha value is -0.930. The molecule has 9 heteroatoms. The van der Waals surface area contributed by atoms with E-state index in [4.69, 9.17) is 0 Å². The monoisotopic (exact) mass is 267 g/mol. The molecule has 0 aliphatic carbocycles. The van der Waals surface area contributed by atoms with Crippen LogP contribution in [-0.2, 0) is 26.4 Å². The van der Waals surface area contributed by atoms with E-state index in [1.807, 2.05) is 0 Å². The quantitative estimate of drug-likeness (QED) is 0.750. The SMILES string of the molecule is CN(Cc1ncc[nH]1)S(=O)(=O)CS(C)(=O)=O. The molecular formula is C7H13N3O4S2. The van der Waals surface area contributed by atoms with Crippen molar-refractivity contribution in [2.24, 2.45) is 0 Å². The normalized spacial score (nSPS) is 13.2. The number of aromatic amines is 1. The largest absolute Gasteiger partial charge is 0.347 e. The number of nitrogens with zero attached hydrogens (tertiary/aromatic N) is 2. The molecule has 1 aromatic rings. The zero-order valence-corrected chi connectivity index (χ0v) is 10.5. The standard InChI is InChI=1S/C7H13N3O4S2/c1-10(5-7-8-3-4-9-7)16(13,14)6-15(2,11)12/h3-4H,5-6H2,1-2H3,(H,8,9). The highest BCUT2D eigenvalue weighted by Crippen LogP contribution is 2.05. The molecule has 1 N–H and O–H groups in total. The zero-order valence-electron chi connectivity index (χ0n) is 8.91. The predicted molar refractivity (Wildman–Crippen MR) is 58.7 cm³/mol. The molecule has 1 heterocycles. The first-order valence-corrected chi connectivity index (χ1v) is 7.98. The van der Waals surface area contributed by atoms with Gasteiger partial charge in [0, 0.05) is 25.7 Å². The lowest BCUT2D eigenvalue weighted by atomic mass is 10.6. The Labute approximate surface area is 94.5 Å². The van der Waals surface area contributed by atoms with Crippen molar-refractivity contribution in [2.45, 2.75) is 6.54 Å². The molecule has 0 aliphatic heterocycles. The first-order valence-electron chi connectivity index (χ1n) is 4.31. The van der Waals surface area contributed by atoms with Crippen molar-refractivity contribution < 1.29 is 16.8 Å². The number of aromatic nitrogens is 2. The number of sulfone groups is 1. The van der Waals surface area contributed by atoms with Gasteiger partial charge in [-0.25, -0.2) is 21.8 Å². The Morgan fingerprint density at radius 2 is 2.00 bits per heavy atom. The average Bonchev–Trinajstić information content (AvgIpc) is 2.51. The Balaban J connectivity index is 2.77. The van der Waals surface area contributed by atoms with Gasteiger partial charge in [0.15, 0.2) is 14.9 Å². The molecular weight excluding hydrogens is 254 g/mol. The fourth-order valence-corrected chi connectivity index (χ4v) is 4.26. The van der Waals surface area contributed by atoms with Gasteiger partial charge in [-0.1, -0.05) is 0 Å². The van der Waals surface area contributed by atoms with Crippen LogP contribution < -0.4 is 0 Å². The van der Waals surface area contributed by atoms with Gasteiger partial charge < -0.3 is 4.98 Å². The van der Waals surface area contributed by atoms with E-state index in [1.165, 1.54) is 13.2 Å². The molecule has 1 rings (SSSR count). The van der Waals surface area contributed by atoms with Crippen LogP contribution in [0.2, 0.25) is 0 Å². The van der Waals surface area contributed by atoms with Gasteiger partial charge in [0.05, 0.1) is 6.54 Å². The van der Waals surface area contributed by atoms with Gasteiger partial charge in [0.1, 0.15) is 5.82 Å². The first-order chi connectivity index (χ1) is 7.21. The lowest BCUT2D eigenvalue weighted by Crippen LogP contribution is -2.31. The topological polar surface area (TPSA) is 100 Å². The van der Waals surface area contributed by atoms with E-state index in [-0.39, 0.29) is 6.54 Å². The second-order valence-corrected chi connectivity index (χ2v) is 8.03. The number of H-pyrrole nitrogens is 1. The summed E-state index contributed by atoms with van der Waals surface area (Å²) in [6, 6.07) is 0. The van der Waals surface area contributed by atoms with E-state index in [0.717, 1.165) is 10.6 Å². The van der Waals surface area contributed by atoms with Gasteiger partial charge in [0.25, 0.3) is 0 Å². The molecule has 0 radical (unpaired) electrons. The molecule has 0 unspecified atom stereocenters. The minimum Gasteiger partial charge on any atom is -0.347 e. The number of hydrogen-bond donors (Lipinski definition) is 1. The number of imidazole rings is 1. The van der Waals surface area contributed by atoms with E-state index in [9.17, 15) is 16.8 Å². The Morgan fingerprint density at radius 3 is 2.44 bits per heavy atom. The molecule has 0 amide bonds. The van der Waals surface area contributed by atoms with Crippen molar-refractivity contribution in [3.8, 4) is 0 Å². The zero-order chi connectivity index (χ0) is 12.4. The smallest absolute Gasteiger partial charge is 0.228 e. The van der Waals surface area contributed by atoms with Gasteiger partial charge in [-0.15, -0.1) is 0 Å². The van der Waals surface area contributed by atoms with Gasteiger partial charge in [-0.05, 0) is 0 Å². The Morgan fingerprint density at radius 1 is 1.38 bits per heavy atom. The summed E-state index contributed by atoms with van der Waals surface area (Å²) in [5.41, 5.74) is 0. The maximum atomic E-state index is 11.6. The third-order valence-electron chi connectivity index (χ3n) is 1.77. The lowest BCUT2D eigenvalue weighted by molar-refractivity contribution is 0.461. The summed E-state index contributed by atoms with van der Waals surface area (Å²) in [6.07, 6.45) is 3.93. The van der Waals surface area contributed by atoms with Gasteiger partial charge in [0.2, 0.25) is 10.0 Å². The van der Waals surface area contributed by atoms with Crippen molar-refractivity contribution >= 4 is 19.9 Å². The fraction of sp³-hybridized carbons (Fsp3) is 0.571. The summed E-state index contributed by atoms with van der Waals surface area (Å²) in [4.78, 5) is 6.59. The molecule has 0 fully saturated rings. The molecule has 16 heavy (non-hydrogen) atoms. The van der Waals surface area contributed by atoms with Crippen LogP contribution in [0.1, 0.15) is 5.82 Å². The van der Waals surface area contributed by atoms with Gasteiger partial charge in [-0.2, -0.15) is 4.31 Å². The number of hydrogen-bond acceptors (Lipinski definition) is 5. The summed E-state index contributed by atoms with van der Waals surface area (Å²) in [5, 5.41) is -0.892. The lowest BCUT2D eigenvalue weighted by Gasteiger charge is -2.14. The number of sulfonamides is 1. The van der Waals surface area contributed by atoms with Crippen LogP contribution in [0.4, 0.5) is 0 Å². The molecule has 0 aromatic carbocycles. The average molecular weight is 267 g/mol. The van der Waals surface area contributed by atoms with Crippen LogP contribution in [0.15, 0.2) is 12.4 Å². The third kappa shape index (κ3) is 3.91. The molecule has 0 aliphatic rings. The molecule has 0 spiro atoms. The van der Waals surface area contributed by atoms with E-state index < -0.39 is 24.9 Å². The van der Waals surface area contributed by atoms with Crippen molar-refractivity contribution in [1.29, 1.82) is 0 Å². The van der Waals surface area contributed by atoms with E-state index in [2.05, 4.69) is 9.97 Å². The van der Waals surface area contributed by atoms with Crippen LogP contribution in [0, 0.1) is 0 Å². The second-order valence-electron chi connectivity index (χ2n) is 3.45. The summed E-state index contributed by atoms with van der Waals surface area (Å²) >= 11 is 0. The summed E-state index contributed by atoms with van der Waals surface area (Å²) in [7, 11) is -6.07. The van der Waals surface area contributed by atoms with Crippen LogP contribution in [-0.4, -0.2) is 49.5 Å². The summed E-state index contributed by atoms with van der Waals surface area (Å²) in [5.74, 6) is 0.458. The highest BCUT2D eigenvalue weighted by atomic mass is 32.3. The molecule has 92 valence electrons. The third-order valence-corrected chi connectivity index (χ3v) is 5.75. The predicted octanol–water partition coefficient (Wildman–Crippen LogP) is -0.827. The fourth-order valence-electron chi connectivity index (χ4n) is 1.05. The van der Waals surface area contributed by atoms with Crippen LogP contribution in [0.3, 0.4) is 0 Å². The molecule has 0 bridgehead atoms. The van der Waals surface area contributed by atoms with Crippen LogP contribution in [0.25, 0.3) is 0 Å². The van der Waals surface area contributed by atoms with Crippen molar-refractivity contribution in [3.63, 3.8) is 0 Å². The van der Waals surface area contributed by atoms with Crippen molar-refractivity contribution in [2.75, 3.05) is 18.4 Å².